The highest BCUT2D eigenvalue weighted by atomic mass is 16.4. The van der Waals surface area contributed by atoms with Gasteiger partial charge in [-0.2, -0.15) is 5.10 Å². The van der Waals surface area contributed by atoms with E-state index in [4.69, 9.17) is 5.11 Å². The number of rotatable bonds is 6. The Hall–Kier alpha value is -2.64. The molecule has 0 aliphatic heterocycles. The molecule has 0 saturated carbocycles. The van der Waals surface area contributed by atoms with Crippen molar-refractivity contribution in [2.75, 3.05) is 6.54 Å². The largest absolute Gasteiger partial charge is 0.476 e. The number of carbonyl (C=O) groups excluding carboxylic acids is 1. The predicted octanol–water partition coefficient (Wildman–Crippen LogP) is 0.307. The fourth-order valence-corrected chi connectivity index (χ4v) is 1.97. The lowest BCUT2D eigenvalue weighted by Gasteiger charge is -2.05. The molecule has 21 heavy (non-hydrogen) atoms. The molecule has 1 amide bonds. The summed E-state index contributed by atoms with van der Waals surface area (Å²) >= 11 is 0. The van der Waals surface area contributed by atoms with Crippen LogP contribution in [-0.2, 0) is 20.0 Å². The van der Waals surface area contributed by atoms with E-state index in [2.05, 4.69) is 15.4 Å². The van der Waals surface area contributed by atoms with Gasteiger partial charge in [-0.15, -0.1) is 0 Å². The summed E-state index contributed by atoms with van der Waals surface area (Å²) < 4.78 is 3.23. The van der Waals surface area contributed by atoms with Gasteiger partial charge in [0.05, 0.1) is 17.6 Å². The van der Waals surface area contributed by atoms with Crippen LogP contribution < -0.4 is 5.32 Å². The maximum absolute atomic E-state index is 12.1. The number of hydrogen-bond donors (Lipinski definition) is 2. The van der Waals surface area contributed by atoms with Crippen molar-refractivity contribution in [3.05, 3.63) is 35.7 Å². The number of aryl methyl sites for hydroxylation is 2. The minimum Gasteiger partial charge on any atom is -0.476 e. The predicted molar refractivity (Wildman–Crippen MR) is 74.1 cm³/mol. The summed E-state index contributed by atoms with van der Waals surface area (Å²) in [6.45, 7) is 2.78. The first-order chi connectivity index (χ1) is 10.0. The van der Waals surface area contributed by atoms with E-state index in [9.17, 15) is 9.59 Å². The number of nitrogens with one attached hydrogen (secondary N) is 1. The van der Waals surface area contributed by atoms with E-state index in [1.165, 1.54) is 12.5 Å². The fourth-order valence-electron chi connectivity index (χ4n) is 1.97. The van der Waals surface area contributed by atoms with Crippen molar-refractivity contribution < 1.29 is 14.7 Å². The summed E-state index contributed by atoms with van der Waals surface area (Å²) in [5.74, 6) is -1.25. The molecule has 0 spiro atoms. The van der Waals surface area contributed by atoms with Gasteiger partial charge in [0, 0.05) is 32.5 Å². The van der Waals surface area contributed by atoms with Gasteiger partial charge in [0.2, 0.25) is 0 Å². The molecule has 2 aromatic heterocycles. The molecular weight excluding hydrogens is 274 g/mol. The van der Waals surface area contributed by atoms with Crippen LogP contribution in [0.2, 0.25) is 0 Å². The quantitative estimate of drug-likeness (QED) is 0.797. The van der Waals surface area contributed by atoms with Gasteiger partial charge in [0.15, 0.2) is 5.69 Å². The second kappa shape index (κ2) is 6.21. The molecule has 0 bridgehead atoms. The maximum Gasteiger partial charge on any atom is 0.356 e. The molecule has 0 radical (unpaired) electrons. The van der Waals surface area contributed by atoms with Crippen LogP contribution >= 0.6 is 0 Å². The van der Waals surface area contributed by atoms with Crippen molar-refractivity contribution in [1.29, 1.82) is 0 Å². The van der Waals surface area contributed by atoms with Gasteiger partial charge in [-0.05, 0) is 6.42 Å². The number of carboxylic acid groups (broad SMARTS) is 1. The number of carboxylic acids is 1. The minimum absolute atomic E-state index is 0.0122. The Morgan fingerprint density at radius 1 is 1.38 bits per heavy atom. The van der Waals surface area contributed by atoms with E-state index in [1.807, 2.05) is 6.92 Å². The summed E-state index contributed by atoms with van der Waals surface area (Å²) in [5.41, 5.74) is 1.31. The Bertz CT molecular complexity index is 659. The van der Waals surface area contributed by atoms with Crippen LogP contribution in [0, 0.1) is 0 Å². The Morgan fingerprint density at radius 3 is 2.76 bits per heavy atom. The van der Waals surface area contributed by atoms with Crippen LogP contribution in [0.15, 0.2) is 18.7 Å². The van der Waals surface area contributed by atoms with Crippen LogP contribution in [0.5, 0.6) is 0 Å². The zero-order valence-electron chi connectivity index (χ0n) is 11.9. The Labute approximate surface area is 121 Å². The molecule has 0 unspecified atom stereocenters. The van der Waals surface area contributed by atoms with E-state index in [-0.39, 0.29) is 11.6 Å². The van der Waals surface area contributed by atoms with Crippen LogP contribution in [-0.4, -0.2) is 42.9 Å². The van der Waals surface area contributed by atoms with Gasteiger partial charge >= 0.3 is 5.97 Å². The average molecular weight is 291 g/mol. The smallest absolute Gasteiger partial charge is 0.356 e. The number of aromatic nitrogens is 4. The third-order valence-corrected chi connectivity index (χ3v) is 2.99. The number of carbonyl (C=O) groups is 2. The van der Waals surface area contributed by atoms with E-state index in [0.29, 0.717) is 25.1 Å². The molecule has 112 valence electrons. The van der Waals surface area contributed by atoms with Crippen molar-refractivity contribution in [1.82, 2.24) is 24.6 Å². The van der Waals surface area contributed by atoms with Crippen LogP contribution in [0.3, 0.4) is 0 Å². The van der Waals surface area contributed by atoms with Crippen LogP contribution in [0.1, 0.15) is 33.5 Å². The third kappa shape index (κ3) is 3.47. The molecule has 0 atom stereocenters. The van der Waals surface area contributed by atoms with Crippen molar-refractivity contribution in [2.45, 2.75) is 19.9 Å². The Balaban J connectivity index is 1.90. The number of imidazole rings is 1. The molecule has 0 aromatic carbocycles. The van der Waals surface area contributed by atoms with Crippen LogP contribution in [0.25, 0.3) is 0 Å². The van der Waals surface area contributed by atoms with Gasteiger partial charge in [-0.1, -0.05) is 6.92 Å². The highest BCUT2D eigenvalue weighted by Gasteiger charge is 2.13. The first-order valence-corrected chi connectivity index (χ1v) is 6.57. The molecule has 2 aromatic rings. The van der Waals surface area contributed by atoms with E-state index in [0.717, 1.165) is 5.69 Å². The summed E-state index contributed by atoms with van der Waals surface area (Å²) in [5, 5.41) is 15.8. The molecule has 2 rings (SSSR count). The van der Waals surface area contributed by atoms with Crippen molar-refractivity contribution in [2.24, 2.45) is 7.05 Å². The second-order valence-corrected chi connectivity index (χ2v) is 4.57. The zero-order valence-corrected chi connectivity index (χ0v) is 11.9. The summed E-state index contributed by atoms with van der Waals surface area (Å²) in [4.78, 5) is 26.5. The second-order valence-electron chi connectivity index (χ2n) is 4.57. The van der Waals surface area contributed by atoms with E-state index >= 15 is 0 Å². The lowest BCUT2D eigenvalue weighted by molar-refractivity contribution is 0.0690. The molecule has 0 aliphatic rings. The summed E-state index contributed by atoms with van der Waals surface area (Å²) in [7, 11) is 1.77. The molecular formula is C13H17N5O3. The molecule has 0 fully saturated rings. The fraction of sp³-hybridized carbons (Fsp3) is 0.385. The van der Waals surface area contributed by atoms with Gasteiger partial charge < -0.3 is 15.0 Å². The molecule has 2 heterocycles. The number of aromatic carboxylic acids is 1. The monoisotopic (exact) mass is 291 g/mol. The zero-order chi connectivity index (χ0) is 15.4. The van der Waals surface area contributed by atoms with E-state index < -0.39 is 5.97 Å². The third-order valence-electron chi connectivity index (χ3n) is 2.99. The summed E-state index contributed by atoms with van der Waals surface area (Å²) in [6.07, 6.45) is 5.23. The highest BCUT2D eigenvalue weighted by Crippen LogP contribution is 2.06. The molecule has 8 heteroatoms. The van der Waals surface area contributed by atoms with Gasteiger partial charge in [0.25, 0.3) is 5.91 Å². The van der Waals surface area contributed by atoms with Gasteiger partial charge in [0.1, 0.15) is 0 Å². The summed E-state index contributed by atoms with van der Waals surface area (Å²) in [6, 6.07) is 0. The normalized spacial score (nSPS) is 10.6. The Kier molecular flexibility index (Phi) is 4.36. The lowest BCUT2D eigenvalue weighted by Crippen LogP contribution is -2.27. The standard InChI is InChI=1S/C13H17N5O3/c1-3-10-9(6-17(2)16-10)12(19)14-4-5-18-7-11(13(20)21)15-8-18/h6-8H,3-5H2,1-2H3,(H,14,19)(H,20,21). The lowest BCUT2D eigenvalue weighted by atomic mass is 10.2. The highest BCUT2D eigenvalue weighted by molar-refractivity contribution is 5.95. The first kappa shape index (κ1) is 14.8. The number of amides is 1. The molecule has 0 aliphatic carbocycles. The number of hydrogen-bond acceptors (Lipinski definition) is 4. The SMILES string of the molecule is CCc1nn(C)cc1C(=O)NCCn1cnc(C(=O)O)c1. The van der Waals surface area contributed by atoms with Crippen molar-refractivity contribution in [3.8, 4) is 0 Å². The molecule has 2 N–H and O–H groups in total. The van der Waals surface area contributed by atoms with Gasteiger partial charge in [-0.3, -0.25) is 9.48 Å². The topological polar surface area (TPSA) is 102 Å². The maximum atomic E-state index is 12.1. The minimum atomic E-state index is -1.07. The molecule has 0 saturated heterocycles. The van der Waals surface area contributed by atoms with Gasteiger partial charge in [-0.25, -0.2) is 9.78 Å². The van der Waals surface area contributed by atoms with E-state index in [1.54, 1.807) is 22.5 Å². The average Bonchev–Trinajstić information content (AvgIpc) is 3.05. The molecule has 8 nitrogen and oxygen atoms in total. The van der Waals surface area contributed by atoms with Crippen molar-refractivity contribution >= 4 is 11.9 Å². The number of nitrogens with zero attached hydrogens (tertiary/aromatic N) is 4. The van der Waals surface area contributed by atoms with Crippen LogP contribution in [0.4, 0.5) is 0 Å². The first-order valence-electron chi connectivity index (χ1n) is 6.57. The van der Waals surface area contributed by atoms with Crippen molar-refractivity contribution in [3.63, 3.8) is 0 Å². The Morgan fingerprint density at radius 2 is 2.14 bits per heavy atom.